The molecule has 0 aliphatic rings. The van der Waals surface area contributed by atoms with Crippen LogP contribution in [-0.4, -0.2) is 6.54 Å². The number of hydrogen-bond donors (Lipinski definition) is 1. The lowest BCUT2D eigenvalue weighted by Crippen LogP contribution is -2.12. The molecule has 0 spiro atoms. The van der Waals surface area contributed by atoms with E-state index in [4.69, 9.17) is 4.74 Å². The molecule has 1 aromatic carbocycles. The van der Waals surface area contributed by atoms with Gasteiger partial charge in [0.15, 0.2) is 0 Å². The predicted octanol–water partition coefficient (Wildman–Crippen LogP) is 4.00. The number of thiophene rings is 1. The Morgan fingerprint density at radius 3 is 2.58 bits per heavy atom. The summed E-state index contributed by atoms with van der Waals surface area (Å²) in [6, 6.07) is 12.6. The van der Waals surface area contributed by atoms with Crippen molar-refractivity contribution in [3.05, 3.63) is 51.7 Å². The molecular weight excluding hydrogens is 254 g/mol. The van der Waals surface area contributed by atoms with Crippen LogP contribution in [0.25, 0.3) is 0 Å². The number of nitrogens with one attached hydrogen (secondary N) is 1. The number of hydrogen-bond acceptors (Lipinski definition) is 3. The van der Waals surface area contributed by atoms with Gasteiger partial charge >= 0.3 is 0 Å². The second-order valence-electron chi connectivity index (χ2n) is 4.40. The van der Waals surface area contributed by atoms with Gasteiger partial charge in [0.1, 0.15) is 12.4 Å². The van der Waals surface area contributed by atoms with Crippen molar-refractivity contribution < 1.29 is 4.74 Å². The van der Waals surface area contributed by atoms with Crippen molar-refractivity contribution in [1.29, 1.82) is 0 Å². The number of para-hydroxylation sites is 1. The van der Waals surface area contributed by atoms with E-state index >= 15 is 0 Å². The van der Waals surface area contributed by atoms with E-state index in [-0.39, 0.29) is 0 Å². The monoisotopic (exact) mass is 275 g/mol. The molecule has 19 heavy (non-hydrogen) atoms. The smallest absolute Gasteiger partial charge is 0.124 e. The Balaban J connectivity index is 1.98. The summed E-state index contributed by atoms with van der Waals surface area (Å²) in [5, 5.41) is 3.34. The quantitative estimate of drug-likeness (QED) is 0.824. The van der Waals surface area contributed by atoms with Crippen LogP contribution in [0, 0.1) is 0 Å². The highest BCUT2D eigenvalue weighted by atomic mass is 32.1. The Morgan fingerprint density at radius 2 is 1.84 bits per heavy atom. The molecule has 0 saturated heterocycles. The second kappa shape index (κ2) is 7.31. The zero-order valence-electron chi connectivity index (χ0n) is 11.6. The van der Waals surface area contributed by atoms with Gasteiger partial charge in [-0.05, 0) is 31.2 Å². The van der Waals surface area contributed by atoms with Crippen molar-refractivity contribution in [2.24, 2.45) is 0 Å². The maximum Gasteiger partial charge on any atom is 0.124 e. The van der Waals surface area contributed by atoms with Crippen LogP contribution < -0.4 is 10.1 Å². The summed E-state index contributed by atoms with van der Waals surface area (Å²) >= 11 is 1.84. The van der Waals surface area contributed by atoms with Crippen LogP contribution in [0.3, 0.4) is 0 Å². The SMILES string of the molecule is CCNCc1ccccc1OCc1ccc(CC)s1. The molecule has 1 aromatic heterocycles. The summed E-state index contributed by atoms with van der Waals surface area (Å²) < 4.78 is 5.95. The van der Waals surface area contributed by atoms with Crippen LogP contribution in [0.4, 0.5) is 0 Å². The Morgan fingerprint density at radius 1 is 1.05 bits per heavy atom. The molecule has 0 aliphatic heterocycles. The van der Waals surface area contributed by atoms with Gasteiger partial charge in [-0.1, -0.05) is 32.0 Å². The Bertz CT molecular complexity index is 507. The van der Waals surface area contributed by atoms with Gasteiger partial charge in [-0.2, -0.15) is 0 Å². The fourth-order valence-electron chi connectivity index (χ4n) is 1.89. The van der Waals surface area contributed by atoms with Gasteiger partial charge in [0, 0.05) is 21.9 Å². The minimum absolute atomic E-state index is 0.661. The van der Waals surface area contributed by atoms with Gasteiger partial charge in [0.05, 0.1) is 0 Å². The lowest BCUT2D eigenvalue weighted by Gasteiger charge is -2.10. The first kappa shape index (κ1) is 14.1. The summed E-state index contributed by atoms with van der Waals surface area (Å²) in [5.41, 5.74) is 1.22. The summed E-state index contributed by atoms with van der Waals surface area (Å²) in [6.45, 7) is 6.79. The molecule has 0 fully saturated rings. The number of ether oxygens (including phenoxy) is 1. The normalized spacial score (nSPS) is 10.6. The second-order valence-corrected chi connectivity index (χ2v) is 5.65. The molecule has 0 saturated carbocycles. The standard InChI is InChI=1S/C16H21NOS/c1-3-14-9-10-15(19-14)12-18-16-8-6-5-7-13(16)11-17-4-2/h5-10,17H,3-4,11-12H2,1-2H3. The first-order chi connectivity index (χ1) is 9.33. The lowest BCUT2D eigenvalue weighted by molar-refractivity contribution is 0.305. The summed E-state index contributed by atoms with van der Waals surface area (Å²) in [7, 11) is 0. The van der Waals surface area contributed by atoms with E-state index in [1.54, 1.807) is 0 Å². The molecule has 0 unspecified atom stereocenters. The van der Waals surface area contributed by atoms with Gasteiger partial charge in [0.2, 0.25) is 0 Å². The summed E-state index contributed by atoms with van der Waals surface area (Å²) in [6.07, 6.45) is 1.10. The molecule has 0 bridgehead atoms. The van der Waals surface area contributed by atoms with Crippen LogP contribution in [-0.2, 0) is 19.6 Å². The van der Waals surface area contributed by atoms with Crippen molar-refractivity contribution in [2.45, 2.75) is 33.4 Å². The molecule has 2 rings (SSSR count). The summed E-state index contributed by atoms with van der Waals surface area (Å²) in [4.78, 5) is 2.70. The topological polar surface area (TPSA) is 21.3 Å². The van der Waals surface area contributed by atoms with Crippen LogP contribution in [0.2, 0.25) is 0 Å². The first-order valence-electron chi connectivity index (χ1n) is 6.82. The van der Waals surface area contributed by atoms with Crippen molar-refractivity contribution in [3.8, 4) is 5.75 Å². The molecule has 102 valence electrons. The fourth-order valence-corrected chi connectivity index (χ4v) is 2.76. The van der Waals surface area contributed by atoms with Crippen LogP contribution >= 0.6 is 11.3 Å². The van der Waals surface area contributed by atoms with E-state index in [1.807, 2.05) is 23.5 Å². The van der Waals surface area contributed by atoms with Crippen LogP contribution in [0.1, 0.15) is 29.2 Å². The van der Waals surface area contributed by atoms with Gasteiger partial charge in [-0.15, -0.1) is 11.3 Å². The highest BCUT2D eigenvalue weighted by Crippen LogP contribution is 2.22. The maximum absolute atomic E-state index is 5.95. The minimum atomic E-state index is 0.661. The third-order valence-corrected chi connectivity index (χ3v) is 4.18. The first-order valence-corrected chi connectivity index (χ1v) is 7.64. The van der Waals surface area contributed by atoms with E-state index in [9.17, 15) is 0 Å². The van der Waals surface area contributed by atoms with E-state index in [1.165, 1.54) is 15.3 Å². The third-order valence-electron chi connectivity index (χ3n) is 2.97. The Hall–Kier alpha value is -1.32. The highest BCUT2D eigenvalue weighted by Gasteiger charge is 2.04. The number of rotatable bonds is 7. The molecule has 1 heterocycles. The summed E-state index contributed by atoms with van der Waals surface area (Å²) in [5.74, 6) is 0.981. The number of benzene rings is 1. The molecule has 0 aliphatic carbocycles. The molecular formula is C16H21NOS. The van der Waals surface area contributed by atoms with Crippen molar-refractivity contribution in [1.82, 2.24) is 5.32 Å². The third kappa shape index (κ3) is 4.08. The average Bonchev–Trinajstić information content (AvgIpc) is 2.91. The van der Waals surface area contributed by atoms with E-state index < -0.39 is 0 Å². The van der Waals surface area contributed by atoms with Gasteiger partial charge in [-0.25, -0.2) is 0 Å². The Labute approximate surface area is 119 Å². The van der Waals surface area contributed by atoms with Gasteiger partial charge < -0.3 is 10.1 Å². The minimum Gasteiger partial charge on any atom is -0.488 e. The molecule has 2 nitrogen and oxygen atoms in total. The van der Waals surface area contributed by atoms with E-state index in [0.717, 1.165) is 25.3 Å². The van der Waals surface area contributed by atoms with E-state index in [0.29, 0.717) is 6.61 Å². The number of aryl methyl sites for hydroxylation is 1. The van der Waals surface area contributed by atoms with Crippen molar-refractivity contribution in [3.63, 3.8) is 0 Å². The molecule has 0 atom stereocenters. The highest BCUT2D eigenvalue weighted by molar-refractivity contribution is 7.11. The maximum atomic E-state index is 5.95. The van der Waals surface area contributed by atoms with Crippen molar-refractivity contribution >= 4 is 11.3 Å². The molecule has 0 radical (unpaired) electrons. The Kier molecular flexibility index (Phi) is 5.43. The van der Waals surface area contributed by atoms with Gasteiger partial charge in [-0.3, -0.25) is 0 Å². The molecule has 2 aromatic rings. The van der Waals surface area contributed by atoms with Crippen molar-refractivity contribution in [2.75, 3.05) is 6.54 Å². The van der Waals surface area contributed by atoms with Crippen LogP contribution in [0.15, 0.2) is 36.4 Å². The molecule has 0 amide bonds. The zero-order chi connectivity index (χ0) is 13.5. The fraction of sp³-hybridized carbons (Fsp3) is 0.375. The van der Waals surface area contributed by atoms with Crippen LogP contribution in [0.5, 0.6) is 5.75 Å². The zero-order valence-corrected chi connectivity index (χ0v) is 12.4. The largest absolute Gasteiger partial charge is 0.488 e. The molecule has 1 N–H and O–H groups in total. The van der Waals surface area contributed by atoms with Gasteiger partial charge in [0.25, 0.3) is 0 Å². The lowest BCUT2D eigenvalue weighted by atomic mass is 10.2. The van der Waals surface area contributed by atoms with E-state index in [2.05, 4.69) is 43.4 Å². The average molecular weight is 275 g/mol. The molecule has 3 heteroatoms. The predicted molar refractivity (Wildman–Crippen MR) is 81.9 cm³/mol.